The van der Waals surface area contributed by atoms with Gasteiger partial charge in [0.1, 0.15) is 17.7 Å². The minimum Gasteiger partial charge on any atom is -0.457 e. The van der Waals surface area contributed by atoms with Crippen LogP contribution in [0.15, 0.2) is 217 Å². The maximum absolute atomic E-state index is 6.70. The van der Waals surface area contributed by atoms with E-state index < -0.39 is 5.41 Å². The van der Waals surface area contributed by atoms with Gasteiger partial charge >= 0.3 is 0 Å². The van der Waals surface area contributed by atoms with Crippen LogP contribution in [-0.4, -0.2) is 10.7 Å². The molecule has 2 aliphatic heterocycles. The van der Waals surface area contributed by atoms with Gasteiger partial charge in [-0.1, -0.05) is 176 Å². The average molecular weight is 848 g/mol. The van der Waals surface area contributed by atoms with Crippen molar-refractivity contribution < 1.29 is 4.74 Å². The molecule has 9 aromatic carbocycles. The molecule has 0 saturated heterocycles. The van der Waals surface area contributed by atoms with Gasteiger partial charge in [0.05, 0.1) is 22.3 Å². The van der Waals surface area contributed by atoms with Gasteiger partial charge in [-0.25, -0.2) is 4.98 Å². The molecule has 0 bridgehead atoms. The number of rotatable bonds is 4. The smallest absolute Gasteiger partial charge is 0.145 e. The summed E-state index contributed by atoms with van der Waals surface area (Å²) in [5.41, 5.74) is 14.9. The number of nitrogens with zero attached hydrogens (tertiary/aromatic N) is 2. The Morgan fingerprint density at radius 1 is 0.508 bits per heavy atom. The van der Waals surface area contributed by atoms with Crippen molar-refractivity contribution in [1.82, 2.24) is 10.3 Å². The lowest BCUT2D eigenvalue weighted by molar-refractivity contribution is 0.436. The zero-order valence-corrected chi connectivity index (χ0v) is 35.8. The van der Waals surface area contributed by atoms with E-state index in [0.29, 0.717) is 0 Å². The molecule has 1 unspecified atom stereocenters. The first-order valence-corrected chi connectivity index (χ1v) is 23.0. The number of hydrogen-bond acceptors (Lipinski definition) is 5. The second kappa shape index (κ2) is 13.9. The molecule has 65 heavy (non-hydrogen) atoms. The molecular formula is C60H37N3OS. The van der Waals surface area contributed by atoms with E-state index in [1.54, 1.807) is 0 Å². The average Bonchev–Trinajstić information content (AvgIpc) is 3.90. The van der Waals surface area contributed by atoms with Crippen LogP contribution in [0.25, 0.3) is 69.9 Å². The number of para-hydroxylation sites is 2. The Hall–Kier alpha value is -8.12. The molecule has 0 radical (unpaired) electrons. The summed E-state index contributed by atoms with van der Waals surface area (Å²) in [4.78, 5) is 11.0. The summed E-state index contributed by atoms with van der Waals surface area (Å²) >= 11 is 1.85. The van der Waals surface area contributed by atoms with Crippen molar-refractivity contribution >= 4 is 64.6 Å². The summed E-state index contributed by atoms with van der Waals surface area (Å²) in [6.45, 7) is 0. The lowest BCUT2D eigenvalue weighted by atomic mass is 9.66. The number of nitrogens with one attached hydrogen (secondary N) is 1. The molecule has 11 aromatic rings. The van der Waals surface area contributed by atoms with Crippen molar-refractivity contribution in [2.75, 3.05) is 0 Å². The first-order valence-electron chi connectivity index (χ1n) is 22.2. The molecule has 0 saturated carbocycles. The number of fused-ring (bicyclic) bond motifs is 16. The Morgan fingerprint density at radius 3 is 2.00 bits per heavy atom. The maximum Gasteiger partial charge on any atom is 0.145 e. The molecule has 0 fully saturated rings. The van der Waals surface area contributed by atoms with Crippen molar-refractivity contribution in [2.45, 2.75) is 11.6 Å². The van der Waals surface area contributed by atoms with Crippen LogP contribution in [0, 0.1) is 0 Å². The molecule has 0 amide bonds. The number of allylic oxidation sites excluding steroid dienone is 1. The fourth-order valence-electron chi connectivity index (χ4n) is 11.0. The molecule has 4 nitrogen and oxygen atoms in total. The third-order valence-electron chi connectivity index (χ3n) is 13.8. The van der Waals surface area contributed by atoms with Gasteiger partial charge in [0.25, 0.3) is 0 Å². The Labute approximate surface area is 379 Å². The lowest BCUT2D eigenvalue weighted by Crippen LogP contribution is -2.32. The molecular weight excluding hydrogens is 811 g/mol. The maximum atomic E-state index is 6.70. The lowest BCUT2D eigenvalue weighted by Gasteiger charge is -2.39. The highest BCUT2D eigenvalue weighted by atomic mass is 32.1. The van der Waals surface area contributed by atoms with Gasteiger partial charge in [-0.05, 0) is 64.2 Å². The quantitative estimate of drug-likeness (QED) is 0.180. The predicted octanol–water partition coefficient (Wildman–Crippen LogP) is 15.0. The minimum absolute atomic E-state index is 0.286. The first-order chi connectivity index (χ1) is 32.2. The molecule has 2 aromatic heterocycles. The van der Waals surface area contributed by atoms with E-state index in [2.05, 4.69) is 218 Å². The number of thiophene rings is 1. The van der Waals surface area contributed by atoms with Crippen molar-refractivity contribution in [2.24, 2.45) is 4.99 Å². The summed E-state index contributed by atoms with van der Waals surface area (Å²) in [5.74, 6) is 1.76. The number of aliphatic imine (C=N–C) groups is 1. The molecule has 5 heteroatoms. The van der Waals surface area contributed by atoms with Crippen LogP contribution in [0.3, 0.4) is 0 Å². The number of hydrogen-bond donors (Lipinski definition) is 1. The normalized spacial score (nSPS) is 15.5. The Balaban J connectivity index is 1.06. The van der Waals surface area contributed by atoms with E-state index in [9.17, 15) is 0 Å². The molecule has 304 valence electrons. The van der Waals surface area contributed by atoms with E-state index in [-0.39, 0.29) is 6.17 Å². The summed E-state index contributed by atoms with van der Waals surface area (Å²) < 4.78 is 9.25. The van der Waals surface area contributed by atoms with Gasteiger partial charge in [0, 0.05) is 69.8 Å². The molecule has 1 spiro atoms. The second-order valence-electron chi connectivity index (χ2n) is 17.2. The van der Waals surface area contributed by atoms with Crippen molar-refractivity contribution in [3.05, 3.63) is 251 Å². The number of benzene rings is 9. The number of aromatic nitrogens is 1. The molecule has 4 heterocycles. The highest BCUT2D eigenvalue weighted by Gasteiger charge is 2.51. The van der Waals surface area contributed by atoms with Crippen molar-refractivity contribution in [1.29, 1.82) is 0 Å². The Morgan fingerprint density at radius 2 is 1.18 bits per heavy atom. The predicted molar refractivity (Wildman–Crippen MR) is 268 cm³/mol. The summed E-state index contributed by atoms with van der Waals surface area (Å²) in [6.07, 6.45) is 1.96. The number of ether oxygens (including phenoxy) is 1. The molecule has 1 N–H and O–H groups in total. The highest BCUT2D eigenvalue weighted by molar-refractivity contribution is 7.26. The van der Waals surface area contributed by atoms with E-state index in [1.165, 1.54) is 53.4 Å². The number of pyridine rings is 1. The van der Waals surface area contributed by atoms with E-state index in [0.717, 1.165) is 72.7 Å². The summed E-state index contributed by atoms with van der Waals surface area (Å²) in [5, 5.41) is 9.81. The molecule has 14 rings (SSSR count). The summed E-state index contributed by atoms with van der Waals surface area (Å²) in [7, 11) is 0. The largest absolute Gasteiger partial charge is 0.457 e. The third kappa shape index (κ3) is 5.24. The van der Waals surface area contributed by atoms with Crippen LogP contribution in [0.5, 0.6) is 11.5 Å². The highest BCUT2D eigenvalue weighted by Crippen LogP contribution is 2.63. The molecule has 1 atom stereocenters. The van der Waals surface area contributed by atoms with E-state index in [4.69, 9.17) is 14.7 Å². The van der Waals surface area contributed by atoms with Gasteiger partial charge < -0.3 is 10.1 Å². The van der Waals surface area contributed by atoms with Gasteiger partial charge in [-0.15, -0.1) is 11.3 Å². The van der Waals surface area contributed by atoms with Crippen LogP contribution in [0.4, 0.5) is 0 Å². The Kier molecular flexibility index (Phi) is 7.80. The van der Waals surface area contributed by atoms with Crippen LogP contribution in [-0.2, 0) is 5.41 Å². The van der Waals surface area contributed by atoms with Gasteiger partial charge in [0.2, 0.25) is 0 Å². The van der Waals surface area contributed by atoms with Crippen molar-refractivity contribution in [3.63, 3.8) is 0 Å². The zero-order valence-electron chi connectivity index (χ0n) is 35.0. The second-order valence-corrected chi connectivity index (χ2v) is 18.2. The van der Waals surface area contributed by atoms with E-state index >= 15 is 0 Å². The van der Waals surface area contributed by atoms with Gasteiger partial charge in [-0.2, -0.15) is 0 Å². The van der Waals surface area contributed by atoms with Crippen LogP contribution in [0.2, 0.25) is 0 Å². The molecule has 3 aliphatic rings. The van der Waals surface area contributed by atoms with Crippen molar-refractivity contribution in [3.8, 4) is 33.9 Å². The third-order valence-corrected chi connectivity index (χ3v) is 15.0. The first kappa shape index (κ1) is 36.4. The minimum atomic E-state index is -0.598. The van der Waals surface area contributed by atoms with Gasteiger partial charge in [-0.3, -0.25) is 4.99 Å². The van der Waals surface area contributed by atoms with Crippen LogP contribution in [0.1, 0.15) is 45.1 Å². The molecule has 1 aliphatic carbocycles. The SMILES string of the molecule is C1=C(c2cccc3c2sc2ccccc23)NC(c2ccccc2)N=C1c1ccc2nc(-c3ccccc3)c3ccc4c(c3c2c1)-c1ccccc1C41c2ccccc2Oc2ccccc21. The fourth-order valence-corrected chi connectivity index (χ4v) is 12.2. The summed E-state index contributed by atoms with van der Waals surface area (Å²) in [6, 6.07) is 74.2. The van der Waals surface area contributed by atoms with Crippen LogP contribution < -0.4 is 10.1 Å². The standard InChI is InChI=1S/C60H37N3OS/c1-3-16-36(17-4-1)57-43-31-32-48-56(41-21-7-9-24-45(41)60(48)46-25-10-12-27-52(46)64-53-28-13-11-26-47(53)60)55(43)44-34-38(30-33-49(44)61-57)50-35-51(63-59(62-50)37-18-5-2-6-19-37)42-23-15-22-40-39-20-8-14-29-54(39)65-58(40)42/h1-35,59,63H. The topological polar surface area (TPSA) is 46.5 Å². The monoisotopic (exact) mass is 847 g/mol. The Bertz CT molecular complexity index is 3800. The van der Waals surface area contributed by atoms with Gasteiger partial charge in [0.15, 0.2) is 0 Å². The van der Waals surface area contributed by atoms with E-state index in [1.807, 2.05) is 11.3 Å². The fraction of sp³-hybridized carbons (Fsp3) is 0.0333. The van der Waals surface area contributed by atoms with Crippen LogP contribution >= 0.6 is 11.3 Å². The zero-order chi connectivity index (χ0) is 42.6.